The molecule has 0 aromatic heterocycles. The summed E-state index contributed by atoms with van der Waals surface area (Å²) in [6.07, 6.45) is 7.70. The molecule has 27 heavy (non-hydrogen) atoms. The number of aliphatic hydroxyl groups is 2. The van der Waals surface area contributed by atoms with E-state index in [2.05, 4.69) is 20.0 Å². The average molecular weight is 396 g/mol. The molecule has 156 valence electrons. The van der Waals surface area contributed by atoms with Crippen LogP contribution in [0.5, 0.6) is 5.75 Å². The van der Waals surface area contributed by atoms with E-state index in [0.29, 0.717) is 6.42 Å². The lowest BCUT2D eigenvalue weighted by Crippen LogP contribution is -2.47. The average Bonchev–Trinajstić information content (AvgIpc) is 2.68. The lowest BCUT2D eigenvalue weighted by atomic mass is 9.94. The Balaban J connectivity index is 2.21. The van der Waals surface area contributed by atoms with Gasteiger partial charge < -0.3 is 20.7 Å². The molecule has 0 amide bonds. The number of ether oxygens (including phenoxy) is 1. The van der Waals surface area contributed by atoms with Crippen molar-refractivity contribution in [2.24, 2.45) is 5.73 Å². The molecule has 0 spiro atoms. The first kappa shape index (κ1) is 24.2. The van der Waals surface area contributed by atoms with Gasteiger partial charge in [0.2, 0.25) is 0 Å². The molecule has 0 atom stereocenters. The first-order valence-electron chi connectivity index (χ1n) is 10.6. The van der Waals surface area contributed by atoms with Crippen LogP contribution in [0.2, 0.25) is 25.2 Å². The van der Waals surface area contributed by atoms with Gasteiger partial charge >= 0.3 is 0 Å². The minimum atomic E-state index is -0.963. The lowest BCUT2D eigenvalue weighted by Gasteiger charge is -2.24. The van der Waals surface area contributed by atoms with Crippen molar-refractivity contribution < 1.29 is 14.9 Å². The Morgan fingerprint density at radius 3 is 2.19 bits per heavy atom. The molecule has 4 N–H and O–H groups in total. The third-order valence-electron chi connectivity index (χ3n) is 5.44. The third kappa shape index (κ3) is 10.3. The van der Waals surface area contributed by atoms with Crippen LogP contribution in [0.15, 0.2) is 24.3 Å². The Morgan fingerprint density at radius 1 is 0.963 bits per heavy atom. The molecule has 5 heteroatoms. The van der Waals surface area contributed by atoms with E-state index >= 15 is 0 Å². The second kappa shape index (κ2) is 12.6. The van der Waals surface area contributed by atoms with E-state index in [1.165, 1.54) is 37.8 Å². The van der Waals surface area contributed by atoms with Crippen LogP contribution in [0, 0.1) is 0 Å². The second-order valence-corrected chi connectivity index (χ2v) is 14.1. The normalized spacial score (nSPS) is 12.4. The molecule has 1 aromatic carbocycles. The highest BCUT2D eigenvalue weighted by molar-refractivity contribution is 6.77. The number of aryl methyl sites for hydroxylation is 1. The predicted octanol–water partition coefficient (Wildman–Crippen LogP) is 4.36. The number of nitrogens with two attached hydrogens (primary N) is 1. The Labute approximate surface area is 167 Å². The summed E-state index contributed by atoms with van der Waals surface area (Å²) in [6.45, 7) is 7.69. The molecular weight excluding hydrogens is 354 g/mol. The lowest BCUT2D eigenvalue weighted by molar-refractivity contribution is 0.115. The zero-order valence-corrected chi connectivity index (χ0v) is 18.7. The number of unbranched alkanes of at least 4 members (excludes halogenated alkanes) is 3. The van der Waals surface area contributed by atoms with E-state index in [0.717, 1.165) is 30.8 Å². The topological polar surface area (TPSA) is 75.7 Å². The van der Waals surface area contributed by atoms with E-state index in [1.54, 1.807) is 0 Å². The van der Waals surface area contributed by atoms with Crippen LogP contribution in [0.3, 0.4) is 0 Å². The number of rotatable bonds is 15. The quantitative estimate of drug-likeness (QED) is 0.305. The minimum Gasteiger partial charge on any atom is -0.494 e. The number of hydrogen-bond donors (Lipinski definition) is 3. The van der Waals surface area contributed by atoms with Gasteiger partial charge in [0.25, 0.3) is 0 Å². The maximum Gasteiger partial charge on any atom is 0.119 e. The van der Waals surface area contributed by atoms with Gasteiger partial charge in [0, 0.05) is 8.07 Å². The van der Waals surface area contributed by atoms with Crippen LogP contribution in [0.1, 0.15) is 51.0 Å². The molecular formula is C22H41NO3Si. The van der Waals surface area contributed by atoms with Crippen LogP contribution in [0.4, 0.5) is 0 Å². The van der Waals surface area contributed by atoms with Crippen LogP contribution in [-0.2, 0) is 6.42 Å². The molecule has 0 heterocycles. The minimum absolute atomic E-state index is 0.205. The molecule has 0 aliphatic heterocycles. The van der Waals surface area contributed by atoms with Crippen molar-refractivity contribution in [1.82, 2.24) is 0 Å². The Bertz CT molecular complexity index is 501. The zero-order chi connectivity index (χ0) is 20.2. The fourth-order valence-electron chi connectivity index (χ4n) is 3.21. The molecule has 0 aliphatic rings. The summed E-state index contributed by atoms with van der Waals surface area (Å²) in [6, 6.07) is 11.0. The van der Waals surface area contributed by atoms with Crippen molar-refractivity contribution in [3.63, 3.8) is 0 Å². The summed E-state index contributed by atoms with van der Waals surface area (Å²) in [7, 11) is -0.963. The van der Waals surface area contributed by atoms with Crippen molar-refractivity contribution in [1.29, 1.82) is 0 Å². The van der Waals surface area contributed by atoms with Gasteiger partial charge in [-0.05, 0) is 37.0 Å². The molecule has 1 rings (SSSR count). The number of hydrogen-bond acceptors (Lipinski definition) is 4. The molecule has 0 saturated heterocycles. The fourth-order valence-corrected chi connectivity index (χ4v) is 5.97. The summed E-state index contributed by atoms with van der Waals surface area (Å²) in [5.41, 5.74) is 6.15. The standard InChI is InChI=1S/C22H41NO3Si/c1-4-5-16-27(2,3)17-8-6-7-15-26-21-11-9-20(10-12-21)13-14-22(23,18-24)19-25/h9-12,24-25H,4-8,13-19,23H2,1-3H3. The van der Waals surface area contributed by atoms with Crippen molar-refractivity contribution in [3.8, 4) is 5.75 Å². The van der Waals surface area contributed by atoms with Gasteiger partial charge in [-0.3, -0.25) is 0 Å². The van der Waals surface area contributed by atoms with Gasteiger partial charge in [-0.25, -0.2) is 0 Å². The third-order valence-corrected chi connectivity index (χ3v) is 8.85. The van der Waals surface area contributed by atoms with Gasteiger partial charge in [0.15, 0.2) is 0 Å². The Hall–Kier alpha value is -0.883. The summed E-state index contributed by atoms with van der Waals surface area (Å²) in [5, 5.41) is 18.5. The van der Waals surface area contributed by atoms with Crippen LogP contribution >= 0.6 is 0 Å². The first-order chi connectivity index (χ1) is 12.8. The fraction of sp³-hybridized carbons (Fsp3) is 0.727. The predicted molar refractivity (Wildman–Crippen MR) is 117 cm³/mol. The molecule has 1 aromatic rings. The van der Waals surface area contributed by atoms with Gasteiger partial charge in [-0.2, -0.15) is 0 Å². The van der Waals surface area contributed by atoms with E-state index in [-0.39, 0.29) is 13.2 Å². The zero-order valence-electron chi connectivity index (χ0n) is 17.7. The maximum atomic E-state index is 9.25. The smallest absolute Gasteiger partial charge is 0.119 e. The highest BCUT2D eigenvalue weighted by Gasteiger charge is 2.22. The van der Waals surface area contributed by atoms with Crippen molar-refractivity contribution in [3.05, 3.63) is 29.8 Å². The molecule has 0 saturated carbocycles. The molecule has 0 aliphatic carbocycles. The SMILES string of the molecule is CCCC[Si](C)(C)CCCCCOc1ccc(CCC(N)(CO)CO)cc1. The van der Waals surface area contributed by atoms with Crippen LogP contribution in [-0.4, -0.2) is 43.6 Å². The monoisotopic (exact) mass is 395 g/mol. The van der Waals surface area contributed by atoms with Gasteiger partial charge in [-0.15, -0.1) is 0 Å². The molecule has 0 fully saturated rings. The molecule has 0 bridgehead atoms. The highest BCUT2D eigenvalue weighted by Crippen LogP contribution is 2.22. The first-order valence-corrected chi connectivity index (χ1v) is 14.0. The second-order valence-electron chi connectivity index (χ2n) is 8.75. The van der Waals surface area contributed by atoms with Gasteiger partial charge in [-0.1, -0.05) is 69.9 Å². The van der Waals surface area contributed by atoms with Crippen molar-refractivity contribution in [2.45, 2.75) is 82.6 Å². The maximum absolute atomic E-state index is 9.25. The van der Waals surface area contributed by atoms with Crippen molar-refractivity contribution in [2.75, 3.05) is 19.8 Å². The largest absolute Gasteiger partial charge is 0.494 e. The van der Waals surface area contributed by atoms with Crippen molar-refractivity contribution >= 4 is 8.07 Å². The summed E-state index contributed by atoms with van der Waals surface area (Å²) >= 11 is 0. The van der Waals surface area contributed by atoms with Crippen LogP contribution in [0.25, 0.3) is 0 Å². The van der Waals surface area contributed by atoms with E-state index < -0.39 is 13.6 Å². The molecule has 4 nitrogen and oxygen atoms in total. The number of benzene rings is 1. The molecule has 0 radical (unpaired) electrons. The summed E-state index contributed by atoms with van der Waals surface area (Å²) in [4.78, 5) is 0. The molecule has 0 unspecified atom stereocenters. The van der Waals surface area contributed by atoms with E-state index in [9.17, 15) is 10.2 Å². The summed E-state index contributed by atoms with van der Waals surface area (Å²) < 4.78 is 5.85. The van der Waals surface area contributed by atoms with E-state index in [4.69, 9.17) is 10.5 Å². The highest BCUT2D eigenvalue weighted by atomic mass is 28.3. The van der Waals surface area contributed by atoms with Crippen LogP contribution < -0.4 is 10.5 Å². The summed E-state index contributed by atoms with van der Waals surface area (Å²) in [5.74, 6) is 0.903. The van der Waals surface area contributed by atoms with Gasteiger partial charge in [0.05, 0.1) is 25.4 Å². The number of aliphatic hydroxyl groups excluding tert-OH is 2. The Morgan fingerprint density at radius 2 is 1.59 bits per heavy atom. The van der Waals surface area contributed by atoms with Gasteiger partial charge in [0.1, 0.15) is 5.75 Å². The van der Waals surface area contributed by atoms with E-state index in [1.807, 2.05) is 24.3 Å². The Kier molecular flexibility index (Phi) is 11.2.